The van der Waals surface area contributed by atoms with E-state index in [4.69, 9.17) is 14.2 Å². The maximum Gasteiger partial charge on any atom is 0.363 e. The van der Waals surface area contributed by atoms with Gasteiger partial charge < -0.3 is 14.2 Å². The second kappa shape index (κ2) is 10.5. The number of carbonyl (C=O) groups excluding carboxylic acids is 1. The molecule has 1 heterocycles. The van der Waals surface area contributed by atoms with Crippen molar-refractivity contribution in [2.75, 3.05) is 13.2 Å². The van der Waals surface area contributed by atoms with Gasteiger partial charge in [0.05, 0.1) is 13.2 Å². The minimum atomic E-state index is -0.466. The largest absolute Gasteiger partial charge is 0.494 e. The van der Waals surface area contributed by atoms with Crippen molar-refractivity contribution < 1.29 is 19.0 Å². The van der Waals surface area contributed by atoms with Gasteiger partial charge in [-0.15, -0.1) is 0 Å². The highest BCUT2D eigenvalue weighted by Gasteiger charge is 2.24. The fraction of sp³-hybridized carbons (Fsp3) is 0.333. The zero-order valence-corrected chi connectivity index (χ0v) is 17.0. The Bertz CT molecular complexity index is 884. The molecular formula is C24H27NO4. The first-order valence-corrected chi connectivity index (χ1v) is 10.2. The molecule has 0 saturated heterocycles. The Morgan fingerprint density at radius 2 is 1.76 bits per heavy atom. The van der Waals surface area contributed by atoms with Crippen LogP contribution in [0.2, 0.25) is 0 Å². The number of hydrogen-bond acceptors (Lipinski definition) is 5. The molecule has 0 aromatic heterocycles. The highest BCUT2D eigenvalue weighted by Crippen LogP contribution is 2.25. The van der Waals surface area contributed by atoms with Crippen molar-refractivity contribution in [2.24, 2.45) is 4.99 Å². The molecule has 0 fully saturated rings. The number of rotatable bonds is 10. The van der Waals surface area contributed by atoms with E-state index in [1.54, 1.807) is 6.08 Å². The molecule has 2 aromatic carbocycles. The van der Waals surface area contributed by atoms with Crippen molar-refractivity contribution in [1.82, 2.24) is 0 Å². The monoisotopic (exact) mass is 393 g/mol. The minimum absolute atomic E-state index is 0.260. The number of nitrogens with zero attached hydrogens (tertiary/aromatic N) is 1. The zero-order valence-electron chi connectivity index (χ0n) is 17.0. The van der Waals surface area contributed by atoms with E-state index in [0.29, 0.717) is 19.1 Å². The number of para-hydroxylation sites is 1. The molecule has 2 aromatic rings. The van der Waals surface area contributed by atoms with Crippen LogP contribution in [0.15, 0.2) is 59.2 Å². The number of cyclic esters (lactones) is 1. The van der Waals surface area contributed by atoms with E-state index in [1.165, 1.54) is 12.8 Å². The predicted molar refractivity (Wildman–Crippen MR) is 114 cm³/mol. The second-order valence-corrected chi connectivity index (χ2v) is 6.74. The Hall–Kier alpha value is -3.08. The summed E-state index contributed by atoms with van der Waals surface area (Å²) in [6.07, 6.45) is 6.29. The topological polar surface area (TPSA) is 57.1 Å². The lowest BCUT2D eigenvalue weighted by Crippen LogP contribution is -2.05. The summed E-state index contributed by atoms with van der Waals surface area (Å²) in [7, 11) is 0. The van der Waals surface area contributed by atoms with Crippen molar-refractivity contribution >= 4 is 17.9 Å². The summed E-state index contributed by atoms with van der Waals surface area (Å²) < 4.78 is 16.7. The molecule has 1 aliphatic rings. The van der Waals surface area contributed by atoms with Crippen LogP contribution in [0.4, 0.5) is 0 Å². The Kier molecular flexibility index (Phi) is 7.45. The Morgan fingerprint density at radius 1 is 0.966 bits per heavy atom. The third-order valence-corrected chi connectivity index (χ3v) is 4.50. The summed E-state index contributed by atoms with van der Waals surface area (Å²) >= 11 is 0. The molecule has 0 radical (unpaired) electrons. The van der Waals surface area contributed by atoms with Crippen LogP contribution in [-0.4, -0.2) is 25.1 Å². The molecule has 0 spiro atoms. The van der Waals surface area contributed by atoms with Crippen LogP contribution in [0, 0.1) is 0 Å². The van der Waals surface area contributed by atoms with E-state index >= 15 is 0 Å². The number of ether oxygens (including phenoxy) is 3. The van der Waals surface area contributed by atoms with E-state index in [9.17, 15) is 4.79 Å². The van der Waals surface area contributed by atoms with Crippen LogP contribution >= 0.6 is 0 Å². The molecular weight excluding hydrogens is 366 g/mol. The summed E-state index contributed by atoms with van der Waals surface area (Å²) in [5, 5.41) is 0. The summed E-state index contributed by atoms with van der Waals surface area (Å²) in [6.45, 7) is 5.37. The number of esters is 1. The number of carbonyl (C=O) groups is 1. The highest BCUT2D eigenvalue weighted by atomic mass is 16.6. The van der Waals surface area contributed by atoms with E-state index in [2.05, 4.69) is 11.9 Å². The molecule has 0 amide bonds. The fourth-order valence-electron chi connectivity index (χ4n) is 2.98. The van der Waals surface area contributed by atoms with Crippen LogP contribution in [0.1, 0.15) is 50.7 Å². The van der Waals surface area contributed by atoms with Crippen molar-refractivity contribution in [3.63, 3.8) is 0 Å². The van der Waals surface area contributed by atoms with E-state index < -0.39 is 5.97 Å². The van der Waals surface area contributed by atoms with Gasteiger partial charge in [-0.1, -0.05) is 44.4 Å². The molecule has 0 N–H and O–H groups in total. The van der Waals surface area contributed by atoms with Crippen LogP contribution in [0.25, 0.3) is 6.08 Å². The van der Waals surface area contributed by atoms with E-state index in [1.807, 2.05) is 55.5 Å². The first-order valence-electron chi connectivity index (χ1n) is 10.2. The molecule has 0 bridgehead atoms. The lowest BCUT2D eigenvalue weighted by molar-refractivity contribution is -0.129. The van der Waals surface area contributed by atoms with Gasteiger partial charge in [0, 0.05) is 11.1 Å². The van der Waals surface area contributed by atoms with E-state index in [-0.39, 0.29) is 5.70 Å². The summed E-state index contributed by atoms with van der Waals surface area (Å²) in [6, 6.07) is 15.0. The average Bonchev–Trinajstić information content (AvgIpc) is 3.10. The van der Waals surface area contributed by atoms with Crippen molar-refractivity contribution in [1.29, 1.82) is 0 Å². The molecule has 0 saturated carbocycles. The SMILES string of the molecule is CCCCCCOc1ccccc1/C=C1/N=C(c2ccc(OCC)cc2)OC1=O. The molecule has 3 rings (SSSR count). The lowest BCUT2D eigenvalue weighted by atomic mass is 10.1. The highest BCUT2D eigenvalue weighted by molar-refractivity contribution is 6.13. The van der Waals surface area contributed by atoms with Crippen molar-refractivity contribution in [3.05, 3.63) is 65.4 Å². The molecule has 152 valence electrons. The Labute approximate surface area is 172 Å². The van der Waals surface area contributed by atoms with Gasteiger partial charge in [0.25, 0.3) is 0 Å². The van der Waals surface area contributed by atoms with Crippen LogP contribution in [0.5, 0.6) is 11.5 Å². The summed E-state index contributed by atoms with van der Waals surface area (Å²) in [5.74, 6) is 1.34. The summed E-state index contributed by atoms with van der Waals surface area (Å²) in [4.78, 5) is 16.7. The molecule has 0 aliphatic carbocycles. The second-order valence-electron chi connectivity index (χ2n) is 6.74. The smallest absolute Gasteiger partial charge is 0.363 e. The minimum Gasteiger partial charge on any atom is -0.494 e. The van der Waals surface area contributed by atoms with Gasteiger partial charge in [0.2, 0.25) is 5.90 Å². The van der Waals surface area contributed by atoms with Crippen LogP contribution in [0.3, 0.4) is 0 Å². The molecule has 5 heteroatoms. The number of unbranched alkanes of at least 4 members (excludes halogenated alkanes) is 3. The third kappa shape index (κ3) is 5.70. The van der Waals surface area contributed by atoms with Crippen molar-refractivity contribution in [3.8, 4) is 11.5 Å². The van der Waals surface area contributed by atoms with Gasteiger partial charge in [-0.3, -0.25) is 0 Å². The van der Waals surface area contributed by atoms with Crippen LogP contribution in [-0.2, 0) is 9.53 Å². The number of aliphatic imine (C=N–C) groups is 1. The maximum absolute atomic E-state index is 12.3. The molecule has 0 atom stereocenters. The first-order chi connectivity index (χ1) is 14.2. The quantitative estimate of drug-likeness (QED) is 0.309. The Balaban J connectivity index is 1.73. The maximum atomic E-state index is 12.3. The number of hydrogen-bond donors (Lipinski definition) is 0. The molecule has 29 heavy (non-hydrogen) atoms. The average molecular weight is 393 g/mol. The van der Waals surface area contributed by atoms with Gasteiger partial charge in [-0.2, -0.15) is 0 Å². The lowest BCUT2D eigenvalue weighted by Gasteiger charge is -2.09. The van der Waals surface area contributed by atoms with E-state index in [0.717, 1.165) is 35.5 Å². The third-order valence-electron chi connectivity index (χ3n) is 4.50. The van der Waals surface area contributed by atoms with Crippen LogP contribution < -0.4 is 9.47 Å². The molecule has 1 aliphatic heterocycles. The summed E-state index contributed by atoms with van der Waals surface area (Å²) in [5.41, 5.74) is 1.80. The van der Waals surface area contributed by atoms with Gasteiger partial charge in [-0.05, 0) is 49.8 Å². The zero-order chi connectivity index (χ0) is 20.5. The Morgan fingerprint density at radius 3 is 2.52 bits per heavy atom. The normalized spacial score (nSPS) is 14.6. The van der Waals surface area contributed by atoms with Gasteiger partial charge >= 0.3 is 5.97 Å². The predicted octanol–water partition coefficient (Wildman–Crippen LogP) is 5.39. The standard InChI is InChI=1S/C24H27NO4/c1-3-5-6-9-16-28-22-11-8-7-10-19(22)17-21-24(26)29-23(25-21)18-12-14-20(15-13-18)27-4-2/h7-8,10-15,17H,3-6,9,16H2,1-2H3/b21-17+. The van der Waals surface area contributed by atoms with Gasteiger partial charge in [0.1, 0.15) is 11.5 Å². The first kappa shape index (κ1) is 20.6. The molecule has 5 nitrogen and oxygen atoms in total. The molecule has 0 unspecified atom stereocenters. The fourth-order valence-corrected chi connectivity index (χ4v) is 2.98. The van der Waals surface area contributed by atoms with Gasteiger partial charge in [-0.25, -0.2) is 9.79 Å². The van der Waals surface area contributed by atoms with Gasteiger partial charge in [0.15, 0.2) is 5.70 Å². The number of benzene rings is 2. The van der Waals surface area contributed by atoms with Crippen molar-refractivity contribution in [2.45, 2.75) is 39.5 Å².